The first-order valence-corrected chi connectivity index (χ1v) is 6.74. The minimum atomic E-state index is -0.176. The van der Waals surface area contributed by atoms with Crippen molar-refractivity contribution < 1.29 is 4.74 Å². The Morgan fingerprint density at radius 2 is 2.17 bits per heavy atom. The molecule has 0 unspecified atom stereocenters. The molecule has 1 aromatic heterocycles. The topological polar surface area (TPSA) is 78.9 Å². The fourth-order valence-electron chi connectivity index (χ4n) is 2.62. The summed E-state index contributed by atoms with van der Waals surface area (Å²) in [7, 11) is 1.75. The third-order valence-electron chi connectivity index (χ3n) is 4.02. The van der Waals surface area contributed by atoms with Gasteiger partial charge >= 0.3 is 0 Å². The molecule has 1 heterocycles. The third-order valence-corrected chi connectivity index (χ3v) is 4.02. The summed E-state index contributed by atoms with van der Waals surface area (Å²) in [5, 5.41) is 11.9. The van der Waals surface area contributed by atoms with Gasteiger partial charge in [0.05, 0.1) is 12.6 Å². The third kappa shape index (κ3) is 3.05. The van der Waals surface area contributed by atoms with Crippen molar-refractivity contribution in [3.05, 3.63) is 5.82 Å². The zero-order valence-corrected chi connectivity index (χ0v) is 11.3. The van der Waals surface area contributed by atoms with Crippen molar-refractivity contribution >= 4 is 0 Å². The number of hydrogen-bond donors (Lipinski definition) is 1. The predicted octanol–water partition coefficient (Wildman–Crippen LogP) is 1.02. The normalized spacial score (nSPS) is 28.5. The molecule has 1 aromatic rings. The number of nitrogens with two attached hydrogens (primary N) is 1. The van der Waals surface area contributed by atoms with Crippen LogP contribution >= 0.6 is 0 Å². The second-order valence-electron chi connectivity index (χ2n) is 5.22. The Morgan fingerprint density at radius 3 is 2.67 bits per heavy atom. The first kappa shape index (κ1) is 13.4. The van der Waals surface area contributed by atoms with Crippen molar-refractivity contribution in [1.82, 2.24) is 20.2 Å². The molecule has 1 aliphatic carbocycles. The Bertz CT molecular complexity index is 370. The molecule has 6 heteroatoms. The van der Waals surface area contributed by atoms with Gasteiger partial charge in [-0.2, -0.15) is 4.80 Å². The lowest BCUT2D eigenvalue weighted by molar-refractivity contribution is -0.0835. The molecule has 18 heavy (non-hydrogen) atoms. The highest BCUT2D eigenvalue weighted by molar-refractivity contribution is 4.89. The van der Waals surface area contributed by atoms with E-state index in [1.807, 2.05) is 0 Å². The molecular weight excluding hydrogens is 230 g/mol. The standard InChI is InChI=1S/C12H23N5O/c1-3-10-4-6-12(9-13,7-5-10)18-8-11-14-16-17(2)15-11/h10H,3-9,13H2,1-2H3. The van der Waals surface area contributed by atoms with E-state index in [-0.39, 0.29) is 5.60 Å². The van der Waals surface area contributed by atoms with E-state index in [2.05, 4.69) is 22.3 Å². The minimum Gasteiger partial charge on any atom is -0.366 e. The van der Waals surface area contributed by atoms with Crippen molar-refractivity contribution in [3.8, 4) is 0 Å². The zero-order chi connectivity index (χ0) is 13.0. The second kappa shape index (κ2) is 5.75. The fourth-order valence-corrected chi connectivity index (χ4v) is 2.62. The molecule has 0 bridgehead atoms. The van der Waals surface area contributed by atoms with Gasteiger partial charge in [0.2, 0.25) is 0 Å². The Balaban J connectivity index is 1.89. The van der Waals surface area contributed by atoms with Crippen molar-refractivity contribution in [1.29, 1.82) is 0 Å². The highest BCUT2D eigenvalue weighted by Gasteiger charge is 2.34. The first-order valence-electron chi connectivity index (χ1n) is 6.74. The van der Waals surface area contributed by atoms with Gasteiger partial charge in [-0.3, -0.25) is 0 Å². The monoisotopic (exact) mass is 253 g/mol. The lowest BCUT2D eigenvalue weighted by Gasteiger charge is -2.38. The van der Waals surface area contributed by atoms with Gasteiger partial charge < -0.3 is 10.5 Å². The minimum absolute atomic E-state index is 0.176. The summed E-state index contributed by atoms with van der Waals surface area (Å²) in [6, 6.07) is 0. The molecule has 2 N–H and O–H groups in total. The predicted molar refractivity (Wildman–Crippen MR) is 67.6 cm³/mol. The molecule has 0 radical (unpaired) electrons. The summed E-state index contributed by atoms with van der Waals surface area (Å²) in [6.07, 6.45) is 5.76. The van der Waals surface area contributed by atoms with Gasteiger partial charge in [-0.15, -0.1) is 10.2 Å². The van der Waals surface area contributed by atoms with Crippen molar-refractivity contribution in [2.45, 2.75) is 51.2 Å². The molecule has 1 fully saturated rings. The molecule has 0 aliphatic heterocycles. The fraction of sp³-hybridized carbons (Fsp3) is 0.917. The average molecular weight is 253 g/mol. The van der Waals surface area contributed by atoms with Crippen molar-refractivity contribution in [2.24, 2.45) is 18.7 Å². The summed E-state index contributed by atoms with van der Waals surface area (Å²) in [6.45, 7) is 3.23. The summed E-state index contributed by atoms with van der Waals surface area (Å²) >= 11 is 0. The maximum absolute atomic E-state index is 6.01. The first-order chi connectivity index (χ1) is 8.67. The molecule has 102 valence electrons. The van der Waals surface area contributed by atoms with E-state index in [0.717, 1.165) is 18.8 Å². The van der Waals surface area contributed by atoms with E-state index in [4.69, 9.17) is 10.5 Å². The Morgan fingerprint density at radius 1 is 1.44 bits per heavy atom. The number of ether oxygens (including phenoxy) is 1. The summed E-state index contributed by atoms with van der Waals surface area (Å²) < 4.78 is 6.01. The number of rotatable bonds is 5. The zero-order valence-electron chi connectivity index (χ0n) is 11.3. The van der Waals surface area contributed by atoms with Crippen LogP contribution in [0.15, 0.2) is 0 Å². The van der Waals surface area contributed by atoms with Crippen LogP contribution in [0.4, 0.5) is 0 Å². The van der Waals surface area contributed by atoms with E-state index in [1.54, 1.807) is 7.05 Å². The van der Waals surface area contributed by atoms with Crippen LogP contribution in [0.5, 0.6) is 0 Å². The van der Waals surface area contributed by atoms with Crippen LogP contribution in [0.2, 0.25) is 0 Å². The van der Waals surface area contributed by atoms with Gasteiger partial charge in [0, 0.05) is 6.54 Å². The maximum atomic E-state index is 6.01. The molecule has 0 spiro atoms. The number of nitrogens with zero attached hydrogens (tertiary/aromatic N) is 4. The van der Waals surface area contributed by atoms with Gasteiger partial charge in [-0.25, -0.2) is 0 Å². The maximum Gasteiger partial charge on any atom is 0.200 e. The Kier molecular flexibility index (Phi) is 4.29. The molecule has 0 saturated heterocycles. The number of aryl methyl sites for hydroxylation is 1. The van der Waals surface area contributed by atoms with Crippen LogP contribution in [0.1, 0.15) is 44.9 Å². The SMILES string of the molecule is CCC1CCC(CN)(OCc2nnn(C)n2)CC1. The van der Waals surface area contributed by atoms with Crippen LogP contribution in [-0.2, 0) is 18.4 Å². The Hall–Kier alpha value is -1.01. The van der Waals surface area contributed by atoms with E-state index < -0.39 is 0 Å². The van der Waals surface area contributed by atoms with Gasteiger partial charge in [0.15, 0.2) is 5.82 Å². The molecule has 0 amide bonds. The summed E-state index contributed by atoms with van der Waals surface area (Å²) in [5.74, 6) is 1.46. The van der Waals surface area contributed by atoms with Crippen LogP contribution in [0, 0.1) is 5.92 Å². The highest BCUT2D eigenvalue weighted by atomic mass is 16.5. The summed E-state index contributed by atoms with van der Waals surface area (Å²) in [5.41, 5.74) is 5.73. The Labute approximate surface area is 108 Å². The smallest absolute Gasteiger partial charge is 0.200 e. The van der Waals surface area contributed by atoms with Crippen LogP contribution in [0.3, 0.4) is 0 Å². The lowest BCUT2D eigenvalue weighted by Crippen LogP contribution is -2.44. The van der Waals surface area contributed by atoms with Crippen LogP contribution in [0.25, 0.3) is 0 Å². The quantitative estimate of drug-likeness (QED) is 0.847. The largest absolute Gasteiger partial charge is 0.366 e. The van der Waals surface area contributed by atoms with Crippen LogP contribution < -0.4 is 5.73 Å². The van der Waals surface area contributed by atoms with Crippen molar-refractivity contribution in [3.63, 3.8) is 0 Å². The second-order valence-corrected chi connectivity index (χ2v) is 5.22. The molecular formula is C12H23N5O. The van der Waals surface area contributed by atoms with Gasteiger partial charge in [-0.1, -0.05) is 13.3 Å². The van der Waals surface area contributed by atoms with Crippen LogP contribution in [-0.4, -0.2) is 32.4 Å². The number of aromatic nitrogens is 4. The van der Waals surface area contributed by atoms with E-state index >= 15 is 0 Å². The van der Waals surface area contributed by atoms with Gasteiger partial charge in [0.25, 0.3) is 0 Å². The highest BCUT2D eigenvalue weighted by Crippen LogP contribution is 2.36. The average Bonchev–Trinajstić information content (AvgIpc) is 2.83. The molecule has 0 aromatic carbocycles. The molecule has 1 aliphatic rings. The molecule has 6 nitrogen and oxygen atoms in total. The molecule has 1 saturated carbocycles. The van der Waals surface area contributed by atoms with E-state index in [0.29, 0.717) is 19.0 Å². The number of hydrogen-bond acceptors (Lipinski definition) is 5. The lowest BCUT2D eigenvalue weighted by atomic mass is 9.77. The molecule has 0 atom stereocenters. The summed E-state index contributed by atoms with van der Waals surface area (Å²) in [4.78, 5) is 1.45. The van der Waals surface area contributed by atoms with Gasteiger partial charge in [-0.05, 0) is 36.8 Å². The number of tetrazole rings is 1. The van der Waals surface area contributed by atoms with E-state index in [9.17, 15) is 0 Å². The molecule has 2 rings (SSSR count). The van der Waals surface area contributed by atoms with Crippen molar-refractivity contribution in [2.75, 3.05) is 6.54 Å². The van der Waals surface area contributed by atoms with E-state index in [1.165, 1.54) is 24.1 Å². The van der Waals surface area contributed by atoms with Gasteiger partial charge in [0.1, 0.15) is 6.61 Å².